The smallest absolute Gasteiger partial charge is 0.264 e. The first-order chi connectivity index (χ1) is 9.56. The van der Waals surface area contributed by atoms with Crippen molar-refractivity contribution < 1.29 is 4.79 Å². The standard InChI is InChI=1S/C15H13BrN2O2/c1-18-10-12(9-13(16)15(18)20)17-14(19)8-7-11-5-3-2-4-6-11/h2-10H,1H3,(H,17,19)/b8-7+. The summed E-state index contributed by atoms with van der Waals surface area (Å²) in [6.07, 6.45) is 4.75. The molecular formula is C15H13BrN2O2. The van der Waals surface area contributed by atoms with Gasteiger partial charge in [-0.2, -0.15) is 0 Å². The summed E-state index contributed by atoms with van der Waals surface area (Å²) in [6, 6.07) is 11.1. The van der Waals surface area contributed by atoms with Crippen LogP contribution < -0.4 is 10.9 Å². The van der Waals surface area contributed by atoms with Gasteiger partial charge in [0.15, 0.2) is 0 Å². The zero-order chi connectivity index (χ0) is 14.5. The lowest BCUT2D eigenvalue weighted by Crippen LogP contribution is -2.18. The first-order valence-corrected chi connectivity index (χ1v) is 6.76. The highest BCUT2D eigenvalue weighted by Crippen LogP contribution is 2.11. The Morgan fingerprint density at radius 2 is 2.00 bits per heavy atom. The Morgan fingerprint density at radius 1 is 1.30 bits per heavy atom. The second kappa shape index (κ2) is 6.34. The average molecular weight is 333 g/mol. The van der Waals surface area contributed by atoms with Crippen LogP contribution in [0.1, 0.15) is 5.56 Å². The van der Waals surface area contributed by atoms with Crippen molar-refractivity contribution in [3.63, 3.8) is 0 Å². The summed E-state index contributed by atoms with van der Waals surface area (Å²) in [6.45, 7) is 0. The van der Waals surface area contributed by atoms with Gasteiger partial charge in [0, 0.05) is 19.3 Å². The molecule has 0 saturated heterocycles. The molecule has 4 nitrogen and oxygen atoms in total. The lowest BCUT2D eigenvalue weighted by molar-refractivity contribution is -0.111. The fraction of sp³-hybridized carbons (Fsp3) is 0.0667. The van der Waals surface area contributed by atoms with Gasteiger partial charge in [0.2, 0.25) is 5.91 Å². The van der Waals surface area contributed by atoms with E-state index in [4.69, 9.17) is 0 Å². The molecule has 0 aliphatic rings. The summed E-state index contributed by atoms with van der Waals surface area (Å²) in [5.74, 6) is -0.251. The molecule has 0 aliphatic carbocycles. The van der Waals surface area contributed by atoms with Gasteiger partial charge in [-0.1, -0.05) is 30.3 Å². The molecule has 0 atom stereocenters. The van der Waals surface area contributed by atoms with Crippen molar-refractivity contribution in [2.24, 2.45) is 7.05 Å². The Labute approximate surface area is 124 Å². The minimum Gasteiger partial charge on any atom is -0.321 e. The summed E-state index contributed by atoms with van der Waals surface area (Å²) in [7, 11) is 1.63. The summed E-state index contributed by atoms with van der Waals surface area (Å²) in [5.41, 5.74) is 1.36. The second-order valence-electron chi connectivity index (χ2n) is 4.23. The van der Waals surface area contributed by atoms with Gasteiger partial charge < -0.3 is 9.88 Å². The van der Waals surface area contributed by atoms with Gasteiger partial charge in [-0.3, -0.25) is 9.59 Å². The first-order valence-electron chi connectivity index (χ1n) is 5.96. The number of anilines is 1. The van der Waals surface area contributed by atoms with Gasteiger partial charge in [0.25, 0.3) is 5.56 Å². The third-order valence-corrected chi connectivity index (χ3v) is 3.20. The van der Waals surface area contributed by atoms with E-state index in [0.29, 0.717) is 10.2 Å². The van der Waals surface area contributed by atoms with Crippen LogP contribution in [0.4, 0.5) is 5.69 Å². The second-order valence-corrected chi connectivity index (χ2v) is 5.08. The van der Waals surface area contributed by atoms with Crippen LogP contribution in [0.3, 0.4) is 0 Å². The Hall–Kier alpha value is -2.14. The van der Waals surface area contributed by atoms with Crippen LogP contribution in [0.2, 0.25) is 0 Å². The van der Waals surface area contributed by atoms with Gasteiger partial charge in [-0.25, -0.2) is 0 Å². The van der Waals surface area contributed by atoms with Crippen molar-refractivity contribution in [3.8, 4) is 0 Å². The van der Waals surface area contributed by atoms with Crippen molar-refractivity contribution >= 4 is 33.6 Å². The third kappa shape index (κ3) is 3.68. The fourth-order valence-electron chi connectivity index (χ4n) is 1.66. The van der Waals surface area contributed by atoms with E-state index in [9.17, 15) is 9.59 Å². The predicted octanol–water partition coefficient (Wildman–Crippen LogP) is 2.80. The molecule has 5 heteroatoms. The van der Waals surface area contributed by atoms with Crippen molar-refractivity contribution in [2.45, 2.75) is 0 Å². The van der Waals surface area contributed by atoms with Crippen LogP contribution in [0.5, 0.6) is 0 Å². The third-order valence-electron chi connectivity index (χ3n) is 2.63. The maximum absolute atomic E-state index is 11.8. The topological polar surface area (TPSA) is 51.1 Å². The predicted molar refractivity (Wildman–Crippen MR) is 83.5 cm³/mol. The monoisotopic (exact) mass is 332 g/mol. The maximum Gasteiger partial charge on any atom is 0.264 e. The van der Waals surface area contributed by atoms with E-state index in [0.717, 1.165) is 5.56 Å². The zero-order valence-electron chi connectivity index (χ0n) is 10.8. The molecule has 0 bridgehead atoms. The minimum atomic E-state index is -0.251. The number of hydrogen-bond donors (Lipinski definition) is 1. The van der Waals surface area contributed by atoms with Crippen LogP contribution >= 0.6 is 15.9 Å². The van der Waals surface area contributed by atoms with Crippen LogP contribution in [-0.4, -0.2) is 10.5 Å². The van der Waals surface area contributed by atoms with Crippen LogP contribution in [0.15, 0.2) is 57.9 Å². The SMILES string of the molecule is Cn1cc(NC(=O)/C=C/c2ccccc2)cc(Br)c1=O. The van der Waals surface area contributed by atoms with Gasteiger partial charge in [0.05, 0.1) is 10.2 Å². The zero-order valence-corrected chi connectivity index (χ0v) is 12.4. The number of benzene rings is 1. The molecule has 1 amide bonds. The van der Waals surface area contributed by atoms with E-state index in [-0.39, 0.29) is 11.5 Å². The molecule has 0 saturated carbocycles. The number of nitrogens with one attached hydrogen (secondary N) is 1. The quantitative estimate of drug-likeness (QED) is 0.878. The van der Waals surface area contributed by atoms with Gasteiger partial charge in [0.1, 0.15) is 0 Å². The molecule has 2 aromatic rings. The average Bonchev–Trinajstić information content (AvgIpc) is 2.43. The molecule has 1 aromatic carbocycles. The number of hydrogen-bond acceptors (Lipinski definition) is 2. The molecule has 0 fully saturated rings. The van der Waals surface area contributed by atoms with Crippen molar-refractivity contribution in [1.29, 1.82) is 0 Å². The summed E-state index contributed by atoms with van der Waals surface area (Å²) in [4.78, 5) is 23.3. The van der Waals surface area contributed by atoms with E-state index >= 15 is 0 Å². The number of pyridine rings is 1. The highest BCUT2D eigenvalue weighted by Gasteiger charge is 2.03. The van der Waals surface area contributed by atoms with Crippen LogP contribution in [-0.2, 0) is 11.8 Å². The maximum atomic E-state index is 11.8. The lowest BCUT2D eigenvalue weighted by atomic mass is 10.2. The van der Waals surface area contributed by atoms with Gasteiger partial charge in [-0.15, -0.1) is 0 Å². The molecule has 1 N–H and O–H groups in total. The molecule has 0 unspecified atom stereocenters. The van der Waals surface area contributed by atoms with E-state index in [2.05, 4.69) is 21.2 Å². The molecule has 0 aliphatic heterocycles. The Balaban J connectivity index is 2.09. The summed E-state index contributed by atoms with van der Waals surface area (Å²) in [5, 5.41) is 2.71. The molecule has 0 spiro atoms. The highest BCUT2D eigenvalue weighted by molar-refractivity contribution is 9.10. The molecular weight excluding hydrogens is 320 g/mol. The Morgan fingerprint density at radius 3 is 2.65 bits per heavy atom. The number of rotatable bonds is 3. The Kier molecular flexibility index (Phi) is 4.53. The van der Waals surface area contributed by atoms with E-state index < -0.39 is 0 Å². The summed E-state index contributed by atoms with van der Waals surface area (Å²) < 4.78 is 1.81. The van der Waals surface area contributed by atoms with Crippen molar-refractivity contribution in [1.82, 2.24) is 4.57 Å². The minimum absolute atomic E-state index is 0.150. The van der Waals surface area contributed by atoms with Crippen molar-refractivity contribution in [3.05, 3.63) is 69.1 Å². The van der Waals surface area contributed by atoms with E-state index in [1.165, 1.54) is 10.6 Å². The normalized spacial score (nSPS) is 10.7. The molecule has 1 heterocycles. The van der Waals surface area contributed by atoms with Crippen LogP contribution in [0, 0.1) is 0 Å². The largest absolute Gasteiger partial charge is 0.321 e. The first kappa shape index (κ1) is 14.3. The summed E-state index contributed by atoms with van der Waals surface area (Å²) >= 11 is 3.16. The highest BCUT2D eigenvalue weighted by atomic mass is 79.9. The molecule has 0 radical (unpaired) electrons. The number of aromatic nitrogens is 1. The van der Waals surface area contributed by atoms with Crippen LogP contribution in [0.25, 0.3) is 6.08 Å². The molecule has 102 valence electrons. The van der Waals surface area contributed by atoms with Gasteiger partial charge in [-0.05, 0) is 33.6 Å². The number of aryl methyl sites for hydroxylation is 1. The lowest BCUT2D eigenvalue weighted by Gasteiger charge is -2.05. The van der Waals surface area contributed by atoms with Gasteiger partial charge >= 0.3 is 0 Å². The fourth-order valence-corrected chi connectivity index (χ4v) is 2.19. The van der Waals surface area contributed by atoms with E-state index in [1.807, 2.05) is 30.3 Å². The molecule has 20 heavy (non-hydrogen) atoms. The molecule has 1 aromatic heterocycles. The number of amides is 1. The van der Waals surface area contributed by atoms with Crippen molar-refractivity contribution in [2.75, 3.05) is 5.32 Å². The molecule has 2 rings (SSSR count). The Bertz CT molecular complexity index is 679. The number of nitrogens with zero attached hydrogens (tertiary/aromatic N) is 1. The van der Waals surface area contributed by atoms with E-state index in [1.54, 1.807) is 25.4 Å². The number of carbonyl (C=O) groups is 1. The number of halogens is 1. The number of carbonyl (C=O) groups excluding carboxylic acids is 1.